The first-order chi connectivity index (χ1) is 21.9. The fraction of sp³-hybridized carbons (Fsp3) is 0.640. The number of nitrogens with zero attached hydrogens (tertiary/aromatic N) is 6. The molecule has 0 aliphatic heterocycles. The van der Waals surface area contributed by atoms with E-state index in [9.17, 15) is 43.2 Å². The summed E-state index contributed by atoms with van der Waals surface area (Å²) < 4.78 is 17.8. The number of aliphatic hydroxyl groups excluding tert-OH is 3. The van der Waals surface area contributed by atoms with Gasteiger partial charge in [0.1, 0.15) is 6.61 Å². The monoisotopic (exact) mass is 660 g/mol. The third-order valence-electron chi connectivity index (χ3n) is 6.41. The molecule has 0 spiro atoms. The van der Waals surface area contributed by atoms with Gasteiger partial charge in [-0.1, -0.05) is 0 Å². The molecule has 2 aromatic rings. The second-order valence-electron chi connectivity index (χ2n) is 9.40. The van der Waals surface area contributed by atoms with Gasteiger partial charge in [-0.3, -0.25) is 14.4 Å². The lowest BCUT2D eigenvalue weighted by molar-refractivity contribution is -0.145. The average molecular weight is 661 g/mol. The van der Waals surface area contributed by atoms with Gasteiger partial charge in [0.2, 0.25) is 0 Å². The van der Waals surface area contributed by atoms with E-state index in [4.69, 9.17) is 24.8 Å². The van der Waals surface area contributed by atoms with Crippen molar-refractivity contribution < 1.29 is 43.9 Å². The normalized spacial score (nSPS) is 11.0. The van der Waals surface area contributed by atoms with Crippen LogP contribution in [0.5, 0.6) is 0 Å². The van der Waals surface area contributed by atoms with Crippen LogP contribution >= 0.6 is 0 Å². The number of hydrogen-bond acceptors (Lipinski definition) is 15. The molecule has 46 heavy (non-hydrogen) atoms. The van der Waals surface area contributed by atoms with Crippen LogP contribution < -0.4 is 34.1 Å². The minimum atomic E-state index is -1.16. The van der Waals surface area contributed by atoms with Crippen LogP contribution in [0.15, 0.2) is 28.8 Å². The quantitative estimate of drug-likeness (QED) is 0.0719. The molecule has 0 amide bonds. The van der Waals surface area contributed by atoms with Crippen molar-refractivity contribution in [3.8, 4) is 0 Å². The molecule has 0 aliphatic carbocycles. The van der Waals surface area contributed by atoms with Crippen LogP contribution in [0.1, 0.15) is 25.7 Å². The molecular weight excluding hydrogens is 624 g/mol. The maximum Gasteiger partial charge on any atom is 0.336 e. The van der Waals surface area contributed by atoms with Crippen LogP contribution in [0, 0.1) is 0 Å². The Balaban J connectivity index is 2.26. The molecule has 0 radical (unpaired) electrons. The topological polar surface area (TPSA) is 272 Å². The molecule has 0 saturated carbocycles. The zero-order valence-corrected chi connectivity index (χ0v) is 25.0. The number of methoxy groups -OCH3 is 1. The Morgan fingerprint density at radius 3 is 1.15 bits per heavy atom. The van der Waals surface area contributed by atoms with Crippen molar-refractivity contribution in [3.05, 3.63) is 62.9 Å². The van der Waals surface area contributed by atoms with E-state index in [0.717, 1.165) is 7.11 Å². The summed E-state index contributed by atoms with van der Waals surface area (Å²) in [6, 6.07) is 0. The Hall–Kier alpha value is -4.89. The summed E-state index contributed by atoms with van der Waals surface area (Å²) >= 11 is 0. The molecule has 0 fully saturated rings. The van der Waals surface area contributed by atoms with Gasteiger partial charge in [0.05, 0.1) is 65.8 Å². The van der Waals surface area contributed by atoms with Crippen LogP contribution in [0.4, 0.5) is 0 Å². The number of carbonyl (C=O) groups excluding carboxylic acids is 3. The lowest BCUT2D eigenvalue weighted by Gasteiger charge is -2.14. The van der Waals surface area contributed by atoms with Crippen molar-refractivity contribution in [1.82, 2.24) is 27.4 Å². The third-order valence-corrected chi connectivity index (χ3v) is 6.41. The summed E-state index contributed by atoms with van der Waals surface area (Å²) in [5.74, 6) is -2.55. The van der Waals surface area contributed by atoms with E-state index in [1.165, 1.54) is 0 Å². The Labute approximate surface area is 257 Å². The number of aromatic nitrogens is 6. The fourth-order valence-electron chi connectivity index (χ4n) is 4.07. The molecule has 0 saturated heterocycles. The molecule has 2 aromatic heterocycles. The highest BCUT2D eigenvalue weighted by Crippen LogP contribution is 1.94. The highest BCUT2D eigenvalue weighted by Gasteiger charge is 2.19. The molecule has 21 heteroatoms. The molecule has 0 bridgehead atoms. The summed E-state index contributed by atoms with van der Waals surface area (Å²) in [5, 5.41) is 27.1. The molecule has 256 valence electrons. The number of rotatable bonds is 19. The highest BCUT2D eigenvalue weighted by molar-refractivity contribution is 5.69. The van der Waals surface area contributed by atoms with E-state index in [2.05, 4.69) is 4.74 Å². The molecule has 2 rings (SSSR count). The summed E-state index contributed by atoms with van der Waals surface area (Å²) in [6.07, 6.45) is -1.31. The predicted octanol–water partition coefficient (Wildman–Crippen LogP) is -5.85. The first-order valence-electron chi connectivity index (χ1n) is 14.0. The first-order valence-corrected chi connectivity index (χ1v) is 14.0. The van der Waals surface area contributed by atoms with Crippen LogP contribution in [0.3, 0.4) is 0 Å². The van der Waals surface area contributed by atoms with Crippen LogP contribution in [-0.4, -0.2) is 101 Å². The molecular formula is C25H36N6O15. The summed E-state index contributed by atoms with van der Waals surface area (Å²) in [6.45, 7) is -5.13. The minimum absolute atomic E-state index is 0.102. The number of aliphatic hydroxyl groups is 3. The fourth-order valence-corrected chi connectivity index (χ4v) is 4.07. The zero-order valence-electron chi connectivity index (χ0n) is 25.0. The second-order valence-corrected chi connectivity index (χ2v) is 9.40. The van der Waals surface area contributed by atoms with Crippen LogP contribution in [-0.2, 0) is 67.9 Å². The molecule has 3 N–H and O–H groups in total. The van der Waals surface area contributed by atoms with Gasteiger partial charge in [0.25, 0.3) is 0 Å². The maximum atomic E-state index is 13.1. The van der Waals surface area contributed by atoms with Crippen molar-refractivity contribution in [3.63, 3.8) is 0 Å². The van der Waals surface area contributed by atoms with E-state index < -0.39 is 130 Å². The SMILES string of the molecule is COC(=O)CCn1c(=O)n(CCC(=O)OCCCO)c(=O)n(CCC(=O)OCCn2c(=O)n(CCO)c(=O)n(CCO)c2=O)c1=O. The molecule has 0 unspecified atom stereocenters. The van der Waals surface area contributed by atoms with Gasteiger partial charge in [0, 0.05) is 32.7 Å². The van der Waals surface area contributed by atoms with E-state index in [1.807, 2.05) is 0 Å². The average Bonchev–Trinajstić information content (AvgIpc) is 3.02. The molecule has 0 aliphatic rings. The van der Waals surface area contributed by atoms with E-state index in [-0.39, 0.29) is 19.6 Å². The molecule has 2 heterocycles. The van der Waals surface area contributed by atoms with Gasteiger partial charge in [-0.15, -0.1) is 0 Å². The van der Waals surface area contributed by atoms with Crippen molar-refractivity contribution in [2.75, 3.05) is 40.1 Å². The van der Waals surface area contributed by atoms with Crippen molar-refractivity contribution in [2.24, 2.45) is 0 Å². The number of ether oxygens (including phenoxy) is 3. The number of carbonyl (C=O) groups is 3. The van der Waals surface area contributed by atoms with Crippen molar-refractivity contribution in [2.45, 2.75) is 65.0 Å². The van der Waals surface area contributed by atoms with Crippen molar-refractivity contribution in [1.29, 1.82) is 0 Å². The maximum absolute atomic E-state index is 13.1. The number of hydrogen-bond donors (Lipinski definition) is 3. The molecule has 21 nitrogen and oxygen atoms in total. The van der Waals surface area contributed by atoms with Crippen molar-refractivity contribution >= 4 is 17.9 Å². The lowest BCUT2D eigenvalue weighted by atomic mass is 10.4. The Kier molecular flexibility index (Phi) is 14.7. The summed E-state index contributed by atoms with van der Waals surface area (Å²) in [7, 11) is 1.09. The van der Waals surface area contributed by atoms with Gasteiger partial charge >= 0.3 is 52.0 Å². The Morgan fingerprint density at radius 2 is 0.804 bits per heavy atom. The zero-order chi connectivity index (χ0) is 34.4. The van der Waals surface area contributed by atoms with E-state index in [1.54, 1.807) is 0 Å². The van der Waals surface area contributed by atoms with Gasteiger partial charge in [-0.05, 0) is 0 Å². The van der Waals surface area contributed by atoms with Gasteiger partial charge in [0.15, 0.2) is 0 Å². The van der Waals surface area contributed by atoms with Crippen LogP contribution in [0.25, 0.3) is 0 Å². The summed E-state index contributed by atoms with van der Waals surface area (Å²) in [5.41, 5.74) is -6.67. The Bertz CT molecular complexity index is 1700. The smallest absolute Gasteiger partial charge is 0.336 e. The second kappa shape index (κ2) is 18.2. The van der Waals surface area contributed by atoms with E-state index in [0.29, 0.717) is 27.4 Å². The first kappa shape index (κ1) is 37.3. The minimum Gasteiger partial charge on any atom is -0.469 e. The Morgan fingerprint density at radius 1 is 0.478 bits per heavy atom. The molecule has 0 aromatic carbocycles. The largest absolute Gasteiger partial charge is 0.469 e. The van der Waals surface area contributed by atoms with E-state index >= 15 is 0 Å². The molecule has 0 atom stereocenters. The number of esters is 3. The predicted molar refractivity (Wildman–Crippen MR) is 152 cm³/mol. The standard InChI is InChI=1S/C25H36N6O15/c1-44-17(35)3-6-26-20(38)27(7-4-18(36)45-15-2-12-32)22(40)28(21(26)39)8-5-19(37)46-16-11-31-24(42)29(9-13-33)23(41)30(10-14-34)25(31)43/h32-34H,2-16H2,1H3. The summed E-state index contributed by atoms with van der Waals surface area (Å²) in [4.78, 5) is 113. The van der Waals surface area contributed by atoms with Gasteiger partial charge < -0.3 is 29.5 Å². The third kappa shape index (κ3) is 9.55. The van der Waals surface area contributed by atoms with Gasteiger partial charge in [-0.25, -0.2) is 56.2 Å². The highest BCUT2D eigenvalue weighted by atomic mass is 16.5. The van der Waals surface area contributed by atoms with Crippen LogP contribution in [0.2, 0.25) is 0 Å². The van der Waals surface area contributed by atoms with Gasteiger partial charge in [-0.2, -0.15) is 0 Å². The lowest BCUT2D eigenvalue weighted by Crippen LogP contribution is -2.55.